The molecule has 0 aliphatic rings. The van der Waals surface area contributed by atoms with Crippen LogP contribution in [0.5, 0.6) is 5.95 Å². The molecule has 4 heteroatoms. The van der Waals surface area contributed by atoms with Gasteiger partial charge in [0.2, 0.25) is 0 Å². The standard InChI is InChI=1S/C7H8N2O2/c1-5(2-3-8)6-4-9-11-7(6)10/h4-5,10H,2H2,1H3/t5-/m0/s1. The molecular formula is C7H8N2O2. The fraction of sp³-hybridized carbons (Fsp3) is 0.429. The molecule has 0 fully saturated rings. The van der Waals surface area contributed by atoms with Crippen LogP contribution < -0.4 is 0 Å². The van der Waals surface area contributed by atoms with E-state index in [4.69, 9.17) is 10.4 Å². The van der Waals surface area contributed by atoms with Crippen molar-refractivity contribution in [2.45, 2.75) is 19.3 Å². The summed E-state index contributed by atoms with van der Waals surface area (Å²) in [6, 6.07) is 2.00. The van der Waals surface area contributed by atoms with Crippen molar-refractivity contribution >= 4 is 0 Å². The first-order chi connectivity index (χ1) is 5.25. The smallest absolute Gasteiger partial charge is 0.312 e. The summed E-state index contributed by atoms with van der Waals surface area (Å²) < 4.78 is 4.43. The van der Waals surface area contributed by atoms with Gasteiger partial charge in [-0.05, 0) is 0 Å². The Morgan fingerprint density at radius 3 is 3.09 bits per heavy atom. The third-order valence-corrected chi connectivity index (χ3v) is 1.51. The Morgan fingerprint density at radius 2 is 2.64 bits per heavy atom. The van der Waals surface area contributed by atoms with Crippen LogP contribution in [0.2, 0.25) is 0 Å². The molecule has 0 amide bonds. The molecule has 1 aromatic rings. The van der Waals surface area contributed by atoms with E-state index in [0.717, 1.165) is 0 Å². The summed E-state index contributed by atoms with van der Waals surface area (Å²) in [5.41, 5.74) is 0.589. The molecule has 1 rings (SSSR count). The number of aromatic hydroxyl groups is 1. The van der Waals surface area contributed by atoms with Gasteiger partial charge in [0.05, 0.1) is 17.8 Å². The predicted octanol–water partition coefficient (Wildman–Crippen LogP) is 1.40. The summed E-state index contributed by atoms with van der Waals surface area (Å²) in [5.74, 6) is -0.209. The van der Waals surface area contributed by atoms with Gasteiger partial charge in [0.25, 0.3) is 0 Å². The van der Waals surface area contributed by atoms with E-state index in [1.807, 2.05) is 13.0 Å². The highest BCUT2D eigenvalue weighted by Gasteiger charge is 2.13. The van der Waals surface area contributed by atoms with Crippen molar-refractivity contribution in [1.29, 1.82) is 5.26 Å². The van der Waals surface area contributed by atoms with Crippen molar-refractivity contribution in [2.24, 2.45) is 0 Å². The van der Waals surface area contributed by atoms with Crippen molar-refractivity contribution in [3.05, 3.63) is 11.8 Å². The first-order valence-corrected chi connectivity index (χ1v) is 3.26. The molecule has 58 valence electrons. The van der Waals surface area contributed by atoms with Crippen LogP contribution in [0.1, 0.15) is 24.8 Å². The average Bonchev–Trinajstić information content (AvgIpc) is 2.36. The van der Waals surface area contributed by atoms with Crippen molar-refractivity contribution in [1.82, 2.24) is 5.16 Å². The van der Waals surface area contributed by atoms with Gasteiger partial charge in [0.15, 0.2) is 0 Å². The van der Waals surface area contributed by atoms with Crippen LogP contribution in [0.4, 0.5) is 0 Å². The number of rotatable bonds is 2. The van der Waals surface area contributed by atoms with Gasteiger partial charge in [-0.1, -0.05) is 12.1 Å². The minimum absolute atomic E-state index is 0.0220. The predicted molar refractivity (Wildman–Crippen MR) is 36.8 cm³/mol. The van der Waals surface area contributed by atoms with Gasteiger partial charge in [-0.15, -0.1) is 0 Å². The highest BCUT2D eigenvalue weighted by atomic mass is 16.5. The second-order valence-electron chi connectivity index (χ2n) is 2.35. The van der Waals surface area contributed by atoms with E-state index >= 15 is 0 Å². The molecule has 0 saturated heterocycles. The lowest BCUT2D eigenvalue weighted by Crippen LogP contribution is -1.88. The molecule has 0 bridgehead atoms. The van der Waals surface area contributed by atoms with Crippen molar-refractivity contribution in [3.8, 4) is 12.0 Å². The topological polar surface area (TPSA) is 70.0 Å². The van der Waals surface area contributed by atoms with Gasteiger partial charge in [-0.25, -0.2) is 0 Å². The molecule has 1 aromatic heterocycles. The molecule has 0 unspecified atom stereocenters. The summed E-state index contributed by atoms with van der Waals surface area (Å²) in [6.45, 7) is 1.83. The molecule has 0 aliphatic carbocycles. The van der Waals surface area contributed by atoms with E-state index in [1.165, 1.54) is 6.20 Å². The molecule has 4 nitrogen and oxygen atoms in total. The minimum Gasteiger partial charge on any atom is -0.479 e. The quantitative estimate of drug-likeness (QED) is 0.695. The second kappa shape index (κ2) is 3.06. The lowest BCUT2D eigenvalue weighted by atomic mass is 10.0. The van der Waals surface area contributed by atoms with Crippen molar-refractivity contribution in [3.63, 3.8) is 0 Å². The van der Waals surface area contributed by atoms with Gasteiger partial charge in [-0.2, -0.15) is 5.26 Å². The van der Waals surface area contributed by atoms with Crippen LogP contribution in [0.3, 0.4) is 0 Å². The van der Waals surface area contributed by atoms with Gasteiger partial charge in [0, 0.05) is 12.3 Å². The summed E-state index contributed by atoms with van der Waals surface area (Å²) in [4.78, 5) is 0. The van der Waals surface area contributed by atoms with Crippen LogP contribution >= 0.6 is 0 Å². The molecule has 1 heterocycles. The van der Waals surface area contributed by atoms with Gasteiger partial charge in [-0.3, -0.25) is 0 Å². The molecule has 1 N–H and O–H groups in total. The van der Waals surface area contributed by atoms with E-state index in [0.29, 0.717) is 12.0 Å². The largest absolute Gasteiger partial charge is 0.479 e. The highest BCUT2D eigenvalue weighted by Crippen LogP contribution is 2.26. The Labute approximate surface area is 64.0 Å². The molecule has 11 heavy (non-hydrogen) atoms. The first-order valence-electron chi connectivity index (χ1n) is 3.26. The zero-order valence-corrected chi connectivity index (χ0v) is 6.11. The monoisotopic (exact) mass is 152 g/mol. The molecule has 0 aliphatic heterocycles. The number of nitrogens with zero attached hydrogens (tertiary/aromatic N) is 2. The molecule has 0 spiro atoms. The minimum atomic E-state index is -0.187. The number of hydrogen-bond donors (Lipinski definition) is 1. The summed E-state index contributed by atoms with van der Waals surface area (Å²) >= 11 is 0. The van der Waals surface area contributed by atoms with Crippen molar-refractivity contribution < 1.29 is 9.63 Å². The van der Waals surface area contributed by atoms with E-state index in [9.17, 15) is 0 Å². The third-order valence-electron chi connectivity index (χ3n) is 1.51. The highest BCUT2D eigenvalue weighted by molar-refractivity contribution is 5.22. The summed E-state index contributed by atoms with van der Waals surface area (Å²) in [5, 5.41) is 20.7. The fourth-order valence-corrected chi connectivity index (χ4v) is 0.826. The maximum atomic E-state index is 9.01. The van der Waals surface area contributed by atoms with Gasteiger partial charge < -0.3 is 9.63 Å². The average molecular weight is 152 g/mol. The third kappa shape index (κ3) is 1.49. The van der Waals surface area contributed by atoms with Crippen LogP contribution in [0.15, 0.2) is 10.7 Å². The van der Waals surface area contributed by atoms with E-state index < -0.39 is 0 Å². The lowest BCUT2D eigenvalue weighted by molar-refractivity contribution is 0.274. The fourth-order valence-electron chi connectivity index (χ4n) is 0.826. The Kier molecular flexibility index (Phi) is 2.12. The maximum Gasteiger partial charge on any atom is 0.312 e. The van der Waals surface area contributed by atoms with Crippen LogP contribution in [-0.4, -0.2) is 10.3 Å². The zero-order valence-electron chi connectivity index (χ0n) is 6.11. The van der Waals surface area contributed by atoms with Gasteiger partial charge >= 0.3 is 5.95 Å². The second-order valence-corrected chi connectivity index (χ2v) is 2.35. The van der Waals surface area contributed by atoms with E-state index in [1.54, 1.807) is 0 Å². The number of hydrogen-bond acceptors (Lipinski definition) is 4. The summed E-state index contributed by atoms with van der Waals surface area (Å²) in [7, 11) is 0. The molecule has 0 radical (unpaired) electrons. The van der Waals surface area contributed by atoms with Gasteiger partial charge in [0.1, 0.15) is 0 Å². The van der Waals surface area contributed by atoms with Crippen LogP contribution in [0, 0.1) is 11.3 Å². The first kappa shape index (κ1) is 7.61. The molecule has 0 aromatic carbocycles. The Balaban J connectivity index is 2.77. The van der Waals surface area contributed by atoms with Crippen LogP contribution in [-0.2, 0) is 0 Å². The Bertz CT molecular complexity index is 274. The molecule has 1 atom stereocenters. The number of nitriles is 1. The zero-order chi connectivity index (χ0) is 8.27. The van der Waals surface area contributed by atoms with E-state index in [-0.39, 0.29) is 11.9 Å². The maximum absolute atomic E-state index is 9.01. The normalized spacial score (nSPS) is 12.4. The molecule has 0 saturated carbocycles. The van der Waals surface area contributed by atoms with Crippen molar-refractivity contribution in [2.75, 3.05) is 0 Å². The Morgan fingerprint density at radius 1 is 1.91 bits per heavy atom. The number of aromatic nitrogens is 1. The lowest BCUT2D eigenvalue weighted by Gasteiger charge is -2.00. The van der Waals surface area contributed by atoms with Crippen LogP contribution in [0.25, 0.3) is 0 Å². The summed E-state index contributed by atoms with van der Waals surface area (Å²) in [6.07, 6.45) is 1.78. The SMILES string of the molecule is C[C@@H](CC#N)c1cnoc1O. The molecular weight excluding hydrogens is 144 g/mol. The van der Waals surface area contributed by atoms with E-state index in [2.05, 4.69) is 9.68 Å². The Hall–Kier alpha value is -1.50.